The van der Waals surface area contributed by atoms with E-state index >= 15 is 0 Å². The van der Waals surface area contributed by atoms with Gasteiger partial charge < -0.3 is 19.6 Å². The quantitative estimate of drug-likeness (QED) is 0.534. The van der Waals surface area contributed by atoms with Gasteiger partial charge in [0.2, 0.25) is 6.29 Å². The number of ether oxygens (including phenoxy) is 2. The molecule has 3 rings (SSSR count). The number of hydrogen-bond donors (Lipinski definition) is 0. The molecule has 2 aliphatic rings. The Balaban J connectivity index is 1.87. The molecule has 2 aliphatic heterocycles. The minimum atomic E-state index is -0.762. The SMILES string of the molecule is O=C1C[C@H](n2ccc([N+](=O)[O-])n2)[C@H]2CO[C@@H]1O2. The first-order chi connectivity index (χ1) is 8.15. The van der Waals surface area contributed by atoms with Gasteiger partial charge in [-0.05, 0) is 4.92 Å². The summed E-state index contributed by atoms with van der Waals surface area (Å²) in [5.74, 6) is -0.389. The molecule has 90 valence electrons. The van der Waals surface area contributed by atoms with Crippen molar-refractivity contribution < 1.29 is 19.2 Å². The fourth-order valence-electron chi connectivity index (χ4n) is 2.10. The zero-order chi connectivity index (χ0) is 12.0. The Bertz CT molecular complexity index is 485. The van der Waals surface area contributed by atoms with Crippen LogP contribution in [0.3, 0.4) is 0 Å². The van der Waals surface area contributed by atoms with Crippen molar-refractivity contribution in [3.8, 4) is 0 Å². The number of nitrogens with zero attached hydrogens (tertiary/aromatic N) is 3. The molecule has 8 heteroatoms. The van der Waals surface area contributed by atoms with Gasteiger partial charge in [0, 0.05) is 6.42 Å². The van der Waals surface area contributed by atoms with Crippen LogP contribution in [0.4, 0.5) is 5.82 Å². The van der Waals surface area contributed by atoms with Crippen LogP contribution in [0.2, 0.25) is 0 Å². The molecule has 2 fully saturated rings. The third-order valence-corrected chi connectivity index (χ3v) is 2.93. The van der Waals surface area contributed by atoms with Crippen molar-refractivity contribution in [2.24, 2.45) is 0 Å². The molecule has 3 heterocycles. The first kappa shape index (κ1) is 10.4. The van der Waals surface area contributed by atoms with E-state index in [1.807, 2.05) is 0 Å². The Kier molecular flexibility index (Phi) is 2.20. The molecule has 1 aromatic rings. The number of carbonyl (C=O) groups excluding carboxylic acids is 1. The van der Waals surface area contributed by atoms with Gasteiger partial charge in [0.25, 0.3) is 0 Å². The molecule has 0 radical (unpaired) electrons. The maximum absolute atomic E-state index is 11.6. The molecule has 0 aromatic carbocycles. The smallest absolute Gasteiger partial charge is 0.358 e. The molecule has 2 saturated heterocycles. The lowest BCUT2D eigenvalue weighted by atomic mass is 10.0. The second kappa shape index (κ2) is 3.60. The summed E-state index contributed by atoms with van der Waals surface area (Å²) in [5.41, 5.74) is 0. The van der Waals surface area contributed by atoms with Gasteiger partial charge >= 0.3 is 5.82 Å². The lowest BCUT2D eigenvalue weighted by molar-refractivity contribution is -0.389. The minimum Gasteiger partial charge on any atom is -0.358 e. The minimum absolute atomic E-state index is 0.151. The zero-order valence-corrected chi connectivity index (χ0v) is 8.68. The second-order valence-electron chi connectivity index (χ2n) is 3.99. The highest BCUT2D eigenvalue weighted by molar-refractivity contribution is 5.83. The first-order valence-corrected chi connectivity index (χ1v) is 5.14. The Morgan fingerprint density at radius 3 is 3.12 bits per heavy atom. The summed E-state index contributed by atoms with van der Waals surface area (Å²) in [6.45, 7) is 0.314. The van der Waals surface area contributed by atoms with Crippen LogP contribution in [0, 0.1) is 10.1 Å². The van der Waals surface area contributed by atoms with Crippen LogP contribution in [-0.4, -0.2) is 39.5 Å². The molecule has 0 N–H and O–H groups in total. The van der Waals surface area contributed by atoms with Crippen LogP contribution in [0.5, 0.6) is 0 Å². The lowest BCUT2D eigenvalue weighted by Gasteiger charge is -2.24. The standard InChI is InChI=1S/C9H9N3O5/c13-6-3-5(7-4-16-9(6)17-7)11-2-1-8(10-11)12(14)15/h1-2,5,7,9H,3-4H2/t5-,7+,9+/m0/s1. The Labute approximate surface area is 95.3 Å². The zero-order valence-electron chi connectivity index (χ0n) is 8.68. The van der Waals surface area contributed by atoms with Crippen molar-refractivity contribution in [2.45, 2.75) is 24.9 Å². The highest BCUT2D eigenvalue weighted by Crippen LogP contribution is 2.32. The number of rotatable bonds is 2. The van der Waals surface area contributed by atoms with Gasteiger partial charge in [-0.3, -0.25) is 4.79 Å². The van der Waals surface area contributed by atoms with Gasteiger partial charge in [-0.15, -0.1) is 0 Å². The van der Waals surface area contributed by atoms with Crippen LogP contribution >= 0.6 is 0 Å². The normalized spacial score (nSPS) is 31.8. The van der Waals surface area contributed by atoms with Gasteiger partial charge in [-0.2, -0.15) is 4.68 Å². The van der Waals surface area contributed by atoms with Crippen LogP contribution in [0.15, 0.2) is 12.3 Å². The molecular weight excluding hydrogens is 230 g/mol. The number of carbonyl (C=O) groups is 1. The van der Waals surface area contributed by atoms with Crippen molar-refractivity contribution in [1.29, 1.82) is 0 Å². The number of nitro groups is 1. The predicted octanol–water partition coefficient (Wildman–Crippen LogP) is 0.0467. The Morgan fingerprint density at radius 1 is 1.59 bits per heavy atom. The molecule has 0 spiro atoms. The predicted molar refractivity (Wildman–Crippen MR) is 52.2 cm³/mol. The van der Waals surface area contributed by atoms with Gasteiger partial charge in [-0.25, -0.2) is 0 Å². The summed E-state index contributed by atoms with van der Waals surface area (Å²) in [7, 11) is 0. The van der Waals surface area contributed by atoms with E-state index in [9.17, 15) is 14.9 Å². The van der Waals surface area contributed by atoms with E-state index in [0.717, 1.165) is 0 Å². The molecule has 1 aromatic heterocycles. The van der Waals surface area contributed by atoms with Crippen molar-refractivity contribution in [2.75, 3.05) is 6.61 Å². The Hall–Kier alpha value is -1.80. The number of aromatic nitrogens is 2. The summed E-state index contributed by atoms with van der Waals surface area (Å²) >= 11 is 0. The molecule has 8 nitrogen and oxygen atoms in total. The van der Waals surface area contributed by atoms with E-state index in [0.29, 0.717) is 6.61 Å². The maximum Gasteiger partial charge on any atom is 0.389 e. The molecule has 3 atom stereocenters. The van der Waals surface area contributed by atoms with E-state index in [2.05, 4.69) is 5.10 Å². The molecule has 0 unspecified atom stereocenters. The Morgan fingerprint density at radius 2 is 2.41 bits per heavy atom. The third kappa shape index (κ3) is 1.61. The third-order valence-electron chi connectivity index (χ3n) is 2.93. The van der Waals surface area contributed by atoms with E-state index in [-0.39, 0.29) is 30.2 Å². The summed E-state index contributed by atoms with van der Waals surface area (Å²) < 4.78 is 11.9. The molecule has 0 saturated carbocycles. The summed E-state index contributed by atoms with van der Waals surface area (Å²) in [6.07, 6.45) is 0.686. The van der Waals surface area contributed by atoms with Crippen LogP contribution in [0.1, 0.15) is 12.5 Å². The van der Waals surface area contributed by atoms with Crippen LogP contribution in [0.25, 0.3) is 0 Å². The fraction of sp³-hybridized carbons (Fsp3) is 0.556. The van der Waals surface area contributed by atoms with Gasteiger partial charge in [0.1, 0.15) is 12.1 Å². The topological polar surface area (TPSA) is 96.5 Å². The van der Waals surface area contributed by atoms with Crippen molar-refractivity contribution in [3.05, 3.63) is 22.4 Å². The fourth-order valence-corrected chi connectivity index (χ4v) is 2.10. The van der Waals surface area contributed by atoms with Crippen molar-refractivity contribution in [1.82, 2.24) is 9.78 Å². The number of fused-ring (bicyclic) bond motifs is 2. The molecule has 17 heavy (non-hydrogen) atoms. The van der Waals surface area contributed by atoms with Gasteiger partial charge in [-0.1, -0.05) is 0 Å². The molecule has 0 aliphatic carbocycles. The summed E-state index contributed by atoms with van der Waals surface area (Å²) in [5, 5.41) is 14.3. The van der Waals surface area contributed by atoms with Crippen molar-refractivity contribution >= 4 is 11.6 Å². The number of Topliss-reactive ketones (excluding diaryl/α,β-unsaturated/α-hetero) is 1. The average Bonchev–Trinajstić information content (AvgIpc) is 2.93. The van der Waals surface area contributed by atoms with Crippen LogP contribution in [-0.2, 0) is 14.3 Å². The maximum atomic E-state index is 11.6. The first-order valence-electron chi connectivity index (χ1n) is 5.14. The second-order valence-corrected chi connectivity index (χ2v) is 3.99. The lowest BCUT2D eigenvalue weighted by Crippen LogP contribution is -2.37. The molecular formula is C9H9N3O5. The average molecular weight is 239 g/mol. The van der Waals surface area contributed by atoms with E-state index in [1.54, 1.807) is 0 Å². The van der Waals surface area contributed by atoms with E-state index < -0.39 is 11.2 Å². The molecule has 0 amide bonds. The number of hydrogen-bond acceptors (Lipinski definition) is 6. The van der Waals surface area contributed by atoms with E-state index in [1.165, 1.54) is 16.9 Å². The summed E-state index contributed by atoms with van der Waals surface area (Å²) in [6, 6.07) is 0.974. The van der Waals surface area contributed by atoms with Gasteiger partial charge in [0.05, 0.1) is 24.0 Å². The monoisotopic (exact) mass is 239 g/mol. The number of ketones is 1. The van der Waals surface area contributed by atoms with Gasteiger partial charge in [0.15, 0.2) is 5.78 Å². The highest BCUT2D eigenvalue weighted by atomic mass is 16.7. The van der Waals surface area contributed by atoms with E-state index in [4.69, 9.17) is 9.47 Å². The largest absolute Gasteiger partial charge is 0.389 e. The van der Waals surface area contributed by atoms with Crippen molar-refractivity contribution in [3.63, 3.8) is 0 Å². The highest BCUT2D eigenvalue weighted by Gasteiger charge is 2.45. The molecule has 2 bridgehead atoms. The summed E-state index contributed by atoms with van der Waals surface area (Å²) in [4.78, 5) is 21.5. The van der Waals surface area contributed by atoms with Crippen LogP contribution < -0.4 is 0 Å².